The molecule has 3 heteroatoms. The molecule has 0 fully saturated rings. The molecule has 0 aliphatic carbocycles. The third kappa shape index (κ3) is 1.67. The van der Waals surface area contributed by atoms with Gasteiger partial charge in [-0.2, -0.15) is 0 Å². The highest BCUT2D eigenvalue weighted by atomic mass is 15.0. The zero-order valence-corrected chi connectivity index (χ0v) is 7.26. The smallest absolute Gasteiger partial charge is 0.211 e. The number of anilines is 1. The molecule has 1 heterocycles. The van der Waals surface area contributed by atoms with Crippen molar-refractivity contribution in [2.75, 3.05) is 12.4 Å². The minimum absolute atomic E-state index is 0.907. The quantitative estimate of drug-likeness (QED) is 0.625. The van der Waals surface area contributed by atoms with E-state index in [2.05, 4.69) is 21.8 Å². The van der Waals surface area contributed by atoms with Crippen LogP contribution in [-0.4, -0.2) is 12.0 Å². The van der Waals surface area contributed by atoms with Gasteiger partial charge in [0, 0.05) is 13.5 Å². The van der Waals surface area contributed by atoms with Crippen LogP contribution < -0.4 is 9.88 Å². The summed E-state index contributed by atoms with van der Waals surface area (Å²) in [5, 5.41) is 2.99. The van der Waals surface area contributed by atoms with E-state index in [0.29, 0.717) is 0 Å². The topological polar surface area (TPSA) is 28.8 Å². The normalized spacial score (nSPS) is 9.73. The van der Waals surface area contributed by atoms with Crippen molar-refractivity contribution >= 4 is 5.82 Å². The molecule has 0 spiro atoms. The maximum atomic E-state index is 4.20. The van der Waals surface area contributed by atoms with Gasteiger partial charge < -0.3 is 5.32 Å². The zero-order valence-electron chi connectivity index (χ0n) is 7.26. The van der Waals surface area contributed by atoms with Crippen LogP contribution in [-0.2, 0) is 13.5 Å². The zero-order chi connectivity index (χ0) is 8.27. The summed E-state index contributed by atoms with van der Waals surface area (Å²) in [7, 11) is 3.90. The molecule has 0 aromatic carbocycles. The lowest BCUT2D eigenvalue weighted by molar-refractivity contribution is -0.678. The summed E-state index contributed by atoms with van der Waals surface area (Å²) in [6.45, 7) is 2.12. The summed E-state index contributed by atoms with van der Waals surface area (Å²) in [5.74, 6) is 0.907. The monoisotopic (exact) mass is 152 g/mol. The highest BCUT2D eigenvalue weighted by Crippen LogP contribution is 1.96. The van der Waals surface area contributed by atoms with Crippen LogP contribution >= 0.6 is 0 Å². The molecule has 0 saturated carbocycles. The van der Waals surface area contributed by atoms with Crippen LogP contribution in [0.4, 0.5) is 5.82 Å². The largest absolute Gasteiger partial charge is 0.368 e. The van der Waals surface area contributed by atoms with Gasteiger partial charge >= 0.3 is 0 Å². The molecular weight excluding hydrogens is 138 g/mol. The second kappa shape index (κ2) is 3.32. The highest BCUT2D eigenvalue weighted by Gasteiger charge is 2.04. The van der Waals surface area contributed by atoms with Gasteiger partial charge in [0.05, 0.1) is 6.20 Å². The lowest BCUT2D eigenvalue weighted by Crippen LogP contribution is -2.33. The van der Waals surface area contributed by atoms with E-state index in [9.17, 15) is 0 Å². The third-order valence-electron chi connectivity index (χ3n) is 1.74. The summed E-state index contributed by atoms with van der Waals surface area (Å²) in [6, 6.07) is 0. The van der Waals surface area contributed by atoms with Crippen molar-refractivity contribution in [3.8, 4) is 0 Å². The van der Waals surface area contributed by atoms with E-state index in [1.54, 1.807) is 0 Å². The van der Waals surface area contributed by atoms with Crippen molar-refractivity contribution in [2.45, 2.75) is 13.3 Å². The van der Waals surface area contributed by atoms with Gasteiger partial charge in [0.2, 0.25) is 6.20 Å². The maximum Gasteiger partial charge on any atom is 0.211 e. The predicted molar refractivity (Wildman–Crippen MR) is 44.3 cm³/mol. The number of nitrogens with one attached hydrogen (secondary N) is 1. The molecule has 0 atom stereocenters. The van der Waals surface area contributed by atoms with Crippen LogP contribution in [0.2, 0.25) is 0 Å². The molecule has 0 bridgehead atoms. The molecule has 0 radical (unpaired) electrons. The lowest BCUT2D eigenvalue weighted by atomic mass is 10.3. The first-order chi connectivity index (χ1) is 5.27. The number of rotatable bonds is 2. The van der Waals surface area contributed by atoms with Crippen molar-refractivity contribution < 1.29 is 4.57 Å². The Balaban J connectivity index is 2.99. The van der Waals surface area contributed by atoms with E-state index in [0.717, 1.165) is 12.2 Å². The first kappa shape index (κ1) is 7.98. The molecule has 0 unspecified atom stereocenters. The van der Waals surface area contributed by atoms with Crippen molar-refractivity contribution in [2.24, 2.45) is 7.05 Å². The Bertz CT molecular complexity index is 245. The fraction of sp³-hybridized carbons (Fsp3) is 0.500. The molecule has 1 rings (SSSR count). The molecule has 0 aliphatic rings. The average Bonchev–Trinajstić information content (AvgIpc) is 2.04. The SMILES string of the molecule is CCc1cnc(NC)c[n+]1C. The van der Waals surface area contributed by atoms with Gasteiger partial charge in [-0.1, -0.05) is 6.92 Å². The Hall–Kier alpha value is -1.12. The van der Waals surface area contributed by atoms with Gasteiger partial charge in [0.15, 0.2) is 11.5 Å². The second-order valence-electron chi connectivity index (χ2n) is 2.48. The molecule has 0 saturated heterocycles. The summed E-state index contributed by atoms with van der Waals surface area (Å²) < 4.78 is 2.08. The number of nitrogens with zero attached hydrogens (tertiary/aromatic N) is 2. The van der Waals surface area contributed by atoms with Gasteiger partial charge in [0.25, 0.3) is 0 Å². The molecule has 1 aromatic heterocycles. The molecule has 0 amide bonds. The lowest BCUT2D eigenvalue weighted by Gasteiger charge is -1.98. The molecule has 1 N–H and O–H groups in total. The molecular formula is C8H14N3+. The van der Waals surface area contributed by atoms with Gasteiger partial charge in [-0.15, -0.1) is 0 Å². The van der Waals surface area contributed by atoms with Crippen LogP contribution in [0.5, 0.6) is 0 Å². The summed E-state index contributed by atoms with van der Waals surface area (Å²) in [4.78, 5) is 4.20. The van der Waals surface area contributed by atoms with Crippen LogP contribution in [0.15, 0.2) is 12.4 Å². The number of hydrogen-bond donors (Lipinski definition) is 1. The van der Waals surface area contributed by atoms with Crippen molar-refractivity contribution in [1.29, 1.82) is 0 Å². The maximum absolute atomic E-state index is 4.20. The molecule has 0 aliphatic heterocycles. The first-order valence-electron chi connectivity index (χ1n) is 3.80. The van der Waals surface area contributed by atoms with E-state index in [4.69, 9.17) is 0 Å². The Labute approximate surface area is 67.1 Å². The fourth-order valence-electron chi connectivity index (χ4n) is 1.00. The number of aryl methyl sites for hydroxylation is 2. The van der Waals surface area contributed by atoms with Crippen LogP contribution in [0.25, 0.3) is 0 Å². The van der Waals surface area contributed by atoms with Crippen molar-refractivity contribution in [3.63, 3.8) is 0 Å². The summed E-state index contributed by atoms with van der Waals surface area (Å²) >= 11 is 0. The molecule has 60 valence electrons. The summed E-state index contributed by atoms with van der Waals surface area (Å²) in [5.41, 5.74) is 1.24. The standard InChI is InChI=1S/C8H14N3/c1-4-7-5-10-8(9-2)6-11(7)3/h5-6H,4H2,1-3H3,(H,9,10)/q+1. The number of aromatic nitrogens is 2. The van der Waals surface area contributed by atoms with Crippen LogP contribution in [0.3, 0.4) is 0 Å². The summed E-state index contributed by atoms with van der Waals surface area (Å²) in [6.07, 6.45) is 4.90. The Morgan fingerprint density at radius 3 is 2.82 bits per heavy atom. The van der Waals surface area contributed by atoms with Crippen LogP contribution in [0.1, 0.15) is 12.6 Å². The Morgan fingerprint density at radius 1 is 1.64 bits per heavy atom. The fourth-order valence-corrected chi connectivity index (χ4v) is 1.00. The predicted octanol–water partition coefficient (Wildman–Crippen LogP) is 0.510. The minimum atomic E-state index is 0.907. The van der Waals surface area contributed by atoms with Gasteiger partial charge in [-0.25, -0.2) is 9.55 Å². The van der Waals surface area contributed by atoms with E-state index in [1.807, 2.05) is 26.5 Å². The first-order valence-corrected chi connectivity index (χ1v) is 3.80. The molecule has 3 nitrogen and oxygen atoms in total. The highest BCUT2D eigenvalue weighted by molar-refractivity contribution is 5.26. The average molecular weight is 152 g/mol. The molecule has 11 heavy (non-hydrogen) atoms. The Morgan fingerprint density at radius 2 is 2.36 bits per heavy atom. The van der Waals surface area contributed by atoms with E-state index >= 15 is 0 Å². The van der Waals surface area contributed by atoms with Crippen molar-refractivity contribution in [3.05, 3.63) is 18.1 Å². The Kier molecular flexibility index (Phi) is 2.41. The van der Waals surface area contributed by atoms with Crippen LogP contribution in [0, 0.1) is 0 Å². The van der Waals surface area contributed by atoms with E-state index in [1.165, 1.54) is 5.69 Å². The van der Waals surface area contributed by atoms with Crippen molar-refractivity contribution in [1.82, 2.24) is 4.98 Å². The molecule has 1 aromatic rings. The van der Waals surface area contributed by atoms with E-state index < -0.39 is 0 Å². The van der Waals surface area contributed by atoms with Gasteiger partial charge in [-0.3, -0.25) is 0 Å². The van der Waals surface area contributed by atoms with E-state index in [-0.39, 0.29) is 0 Å². The third-order valence-corrected chi connectivity index (χ3v) is 1.74. The minimum Gasteiger partial charge on any atom is -0.368 e. The van der Waals surface area contributed by atoms with Gasteiger partial charge in [-0.05, 0) is 0 Å². The second-order valence-corrected chi connectivity index (χ2v) is 2.48. The van der Waals surface area contributed by atoms with Gasteiger partial charge in [0.1, 0.15) is 7.05 Å². The number of hydrogen-bond acceptors (Lipinski definition) is 2.